The van der Waals surface area contributed by atoms with E-state index in [4.69, 9.17) is 5.11 Å². The number of H-pyrrole nitrogens is 1. The van der Waals surface area contributed by atoms with Crippen LogP contribution in [0.2, 0.25) is 0 Å². The number of aromatic amines is 1. The number of nitrogens with zero attached hydrogens (tertiary/aromatic N) is 1. The van der Waals surface area contributed by atoms with Crippen molar-refractivity contribution in [2.24, 2.45) is 5.92 Å². The molecule has 20 heavy (non-hydrogen) atoms. The van der Waals surface area contributed by atoms with Gasteiger partial charge in [-0.15, -0.1) is 0 Å². The van der Waals surface area contributed by atoms with Crippen LogP contribution in [0.5, 0.6) is 0 Å². The minimum Gasteiger partial charge on any atom is -0.480 e. The molecule has 1 aromatic heterocycles. The first-order valence-corrected chi connectivity index (χ1v) is 6.11. The van der Waals surface area contributed by atoms with Crippen LogP contribution >= 0.6 is 0 Å². The molecule has 1 atom stereocenters. The van der Waals surface area contributed by atoms with Crippen LogP contribution < -0.4 is 16.6 Å². The molecule has 0 bridgehead atoms. The van der Waals surface area contributed by atoms with E-state index in [1.807, 2.05) is 18.8 Å². The molecule has 1 amide bonds. The standard InChI is InChI=1S/C12H17N3O5/c1-7(2)5-8(11(18)19)13-10(17)6-15-4-3-9(16)14-12(15)20/h3-4,7-8H,5-6H2,1-2H3,(H,13,17)(H,18,19)(H,14,16,20). The minimum absolute atomic E-state index is 0.104. The summed E-state index contributed by atoms with van der Waals surface area (Å²) in [5.41, 5.74) is -1.28. The summed E-state index contributed by atoms with van der Waals surface area (Å²) in [6.07, 6.45) is 1.47. The van der Waals surface area contributed by atoms with Gasteiger partial charge in [0.15, 0.2) is 0 Å². The third kappa shape index (κ3) is 4.71. The monoisotopic (exact) mass is 283 g/mol. The molecular weight excluding hydrogens is 266 g/mol. The van der Waals surface area contributed by atoms with Crippen molar-refractivity contribution < 1.29 is 14.7 Å². The van der Waals surface area contributed by atoms with E-state index >= 15 is 0 Å². The predicted octanol–water partition coefficient (Wildman–Crippen LogP) is -0.848. The number of carbonyl (C=O) groups is 2. The van der Waals surface area contributed by atoms with E-state index in [0.717, 1.165) is 10.6 Å². The smallest absolute Gasteiger partial charge is 0.328 e. The van der Waals surface area contributed by atoms with Gasteiger partial charge in [0, 0.05) is 12.3 Å². The van der Waals surface area contributed by atoms with E-state index in [-0.39, 0.29) is 12.5 Å². The van der Waals surface area contributed by atoms with Crippen molar-refractivity contribution in [3.05, 3.63) is 33.1 Å². The van der Waals surface area contributed by atoms with Gasteiger partial charge in [-0.3, -0.25) is 19.1 Å². The second-order valence-electron chi connectivity index (χ2n) is 4.83. The molecule has 8 nitrogen and oxygen atoms in total. The molecule has 0 aliphatic heterocycles. The Morgan fingerprint density at radius 1 is 1.40 bits per heavy atom. The first-order valence-electron chi connectivity index (χ1n) is 6.11. The highest BCUT2D eigenvalue weighted by Crippen LogP contribution is 2.04. The molecule has 3 N–H and O–H groups in total. The van der Waals surface area contributed by atoms with E-state index in [1.165, 1.54) is 6.20 Å². The summed E-state index contributed by atoms with van der Waals surface area (Å²) in [6, 6.07) is 0.109. The van der Waals surface area contributed by atoms with Crippen molar-refractivity contribution in [2.45, 2.75) is 32.9 Å². The van der Waals surface area contributed by atoms with Gasteiger partial charge in [0.05, 0.1) is 0 Å². The zero-order valence-corrected chi connectivity index (χ0v) is 11.3. The maximum absolute atomic E-state index is 11.7. The molecule has 0 spiro atoms. The lowest BCUT2D eigenvalue weighted by Crippen LogP contribution is -2.44. The Bertz CT molecular complexity index is 602. The molecule has 0 aromatic carbocycles. The fourth-order valence-corrected chi connectivity index (χ4v) is 1.66. The fourth-order valence-electron chi connectivity index (χ4n) is 1.66. The van der Waals surface area contributed by atoms with Crippen molar-refractivity contribution in [1.29, 1.82) is 0 Å². The third-order valence-electron chi connectivity index (χ3n) is 2.55. The van der Waals surface area contributed by atoms with E-state index in [0.29, 0.717) is 6.42 Å². The minimum atomic E-state index is -1.12. The van der Waals surface area contributed by atoms with Crippen LogP contribution in [0.1, 0.15) is 20.3 Å². The van der Waals surface area contributed by atoms with Crippen molar-refractivity contribution in [3.63, 3.8) is 0 Å². The van der Waals surface area contributed by atoms with E-state index in [1.54, 1.807) is 0 Å². The maximum Gasteiger partial charge on any atom is 0.328 e. The Labute approximate surface area is 114 Å². The molecule has 0 aliphatic carbocycles. The lowest BCUT2D eigenvalue weighted by Gasteiger charge is -2.16. The normalized spacial score (nSPS) is 12.2. The van der Waals surface area contributed by atoms with Gasteiger partial charge in [-0.1, -0.05) is 13.8 Å². The summed E-state index contributed by atoms with van der Waals surface area (Å²) >= 11 is 0. The second-order valence-corrected chi connectivity index (χ2v) is 4.83. The quantitative estimate of drug-likeness (QED) is 0.628. The van der Waals surface area contributed by atoms with Crippen molar-refractivity contribution >= 4 is 11.9 Å². The average molecular weight is 283 g/mol. The third-order valence-corrected chi connectivity index (χ3v) is 2.55. The van der Waals surface area contributed by atoms with Gasteiger partial charge >= 0.3 is 11.7 Å². The van der Waals surface area contributed by atoms with Crippen LogP contribution in [-0.4, -0.2) is 32.6 Å². The molecule has 0 aliphatic rings. The van der Waals surface area contributed by atoms with Crippen LogP contribution in [0.4, 0.5) is 0 Å². The van der Waals surface area contributed by atoms with Crippen LogP contribution in [0, 0.1) is 5.92 Å². The molecule has 8 heteroatoms. The highest BCUT2D eigenvalue weighted by atomic mass is 16.4. The molecule has 0 radical (unpaired) electrons. The molecule has 1 unspecified atom stereocenters. The Morgan fingerprint density at radius 2 is 2.05 bits per heavy atom. The number of hydrogen-bond acceptors (Lipinski definition) is 4. The van der Waals surface area contributed by atoms with Gasteiger partial charge in [0.25, 0.3) is 5.56 Å². The van der Waals surface area contributed by atoms with Crippen molar-refractivity contribution in [2.75, 3.05) is 0 Å². The Morgan fingerprint density at radius 3 is 2.55 bits per heavy atom. The van der Waals surface area contributed by atoms with Crippen LogP contribution in [0.3, 0.4) is 0 Å². The average Bonchev–Trinajstić information content (AvgIpc) is 2.31. The number of aromatic nitrogens is 2. The van der Waals surface area contributed by atoms with Gasteiger partial charge in [-0.2, -0.15) is 0 Å². The SMILES string of the molecule is CC(C)CC(NC(=O)Cn1ccc(=O)[nH]c1=O)C(=O)O. The Balaban J connectivity index is 2.73. The van der Waals surface area contributed by atoms with Gasteiger partial charge in [-0.05, 0) is 12.3 Å². The molecule has 110 valence electrons. The predicted molar refractivity (Wildman–Crippen MR) is 70.3 cm³/mol. The van der Waals surface area contributed by atoms with Crippen LogP contribution in [0.25, 0.3) is 0 Å². The van der Waals surface area contributed by atoms with Gasteiger partial charge < -0.3 is 10.4 Å². The van der Waals surface area contributed by atoms with E-state index in [2.05, 4.69) is 5.32 Å². The summed E-state index contributed by atoms with van der Waals surface area (Å²) in [7, 11) is 0. The summed E-state index contributed by atoms with van der Waals surface area (Å²) in [6.45, 7) is 3.33. The molecule has 0 saturated heterocycles. The number of carboxylic acids is 1. The number of aliphatic carboxylic acids is 1. The number of hydrogen-bond donors (Lipinski definition) is 3. The van der Waals surface area contributed by atoms with Crippen molar-refractivity contribution in [1.82, 2.24) is 14.9 Å². The summed E-state index contributed by atoms with van der Waals surface area (Å²) < 4.78 is 0.991. The molecule has 1 aromatic rings. The first kappa shape index (κ1) is 15.7. The van der Waals surface area contributed by atoms with E-state index < -0.39 is 29.2 Å². The number of carbonyl (C=O) groups excluding carboxylic acids is 1. The van der Waals surface area contributed by atoms with E-state index in [9.17, 15) is 19.2 Å². The summed E-state index contributed by atoms with van der Waals surface area (Å²) in [5, 5.41) is 11.3. The highest BCUT2D eigenvalue weighted by Gasteiger charge is 2.21. The summed E-state index contributed by atoms with van der Waals surface area (Å²) in [5.74, 6) is -1.62. The lowest BCUT2D eigenvalue weighted by molar-refractivity contribution is -0.142. The Hall–Kier alpha value is -2.38. The maximum atomic E-state index is 11.7. The molecular formula is C12H17N3O5. The number of amides is 1. The molecule has 1 heterocycles. The largest absolute Gasteiger partial charge is 0.480 e. The molecule has 0 saturated carbocycles. The zero-order valence-electron chi connectivity index (χ0n) is 11.3. The molecule has 0 fully saturated rings. The fraction of sp³-hybridized carbons (Fsp3) is 0.500. The topological polar surface area (TPSA) is 121 Å². The number of rotatable bonds is 6. The van der Waals surface area contributed by atoms with Gasteiger partial charge in [0.2, 0.25) is 5.91 Å². The zero-order chi connectivity index (χ0) is 15.3. The highest BCUT2D eigenvalue weighted by molar-refractivity contribution is 5.83. The van der Waals surface area contributed by atoms with Crippen LogP contribution in [0.15, 0.2) is 21.9 Å². The lowest BCUT2D eigenvalue weighted by atomic mass is 10.0. The molecule has 1 rings (SSSR count). The van der Waals surface area contributed by atoms with Crippen LogP contribution in [-0.2, 0) is 16.1 Å². The Kier molecular flexibility index (Phi) is 5.24. The first-order chi connectivity index (χ1) is 9.29. The number of carboxylic acid groups (broad SMARTS) is 1. The number of nitrogens with one attached hydrogen (secondary N) is 2. The summed E-state index contributed by atoms with van der Waals surface area (Å²) in [4.78, 5) is 47.0. The van der Waals surface area contributed by atoms with Gasteiger partial charge in [0.1, 0.15) is 12.6 Å². The van der Waals surface area contributed by atoms with Crippen molar-refractivity contribution in [3.8, 4) is 0 Å². The van der Waals surface area contributed by atoms with Gasteiger partial charge in [-0.25, -0.2) is 9.59 Å². The second kappa shape index (κ2) is 6.69.